The molecule has 1 saturated heterocycles. The molecule has 1 aliphatic heterocycles. The molecule has 148 valence electrons. The van der Waals surface area contributed by atoms with Gasteiger partial charge in [-0.1, -0.05) is 24.3 Å². The number of carbonyl (C=O) groups is 1. The SMILES string of the molecule is Cc1c(C(=O)NC2CNCCC2c2ccc(F)c(F)c2)oc2ccccc12.Cl. The summed E-state index contributed by atoms with van der Waals surface area (Å²) in [6, 6.07) is 11.2. The van der Waals surface area contributed by atoms with Gasteiger partial charge in [-0.15, -0.1) is 12.4 Å². The van der Waals surface area contributed by atoms with Gasteiger partial charge in [-0.05, 0) is 43.7 Å². The number of halogens is 3. The topological polar surface area (TPSA) is 54.3 Å². The molecule has 1 fully saturated rings. The van der Waals surface area contributed by atoms with E-state index in [4.69, 9.17) is 4.42 Å². The van der Waals surface area contributed by atoms with Crippen LogP contribution in [0.2, 0.25) is 0 Å². The number of hydrogen-bond donors (Lipinski definition) is 2. The quantitative estimate of drug-likeness (QED) is 0.681. The molecule has 7 heteroatoms. The molecule has 0 bridgehead atoms. The predicted octanol–water partition coefficient (Wildman–Crippen LogP) is 4.32. The molecule has 2 unspecified atom stereocenters. The average Bonchev–Trinajstić information content (AvgIpc) is 3.02. The van der Waals surface area contributed by atoms with Crippen molar-refractivity contribution in [2.45, 2.75) is 25.3 Å². The number of furan rings is 1. The third kappa shape index (κ3) is 3.75. The van der Waals surface area contributed by atoms with Crippen LogP contribution in [-0.2, 0) is 0 Å². The van der Waals surface area contributed by atoms with Crippen LogP contribution in [0, 0.1) is 18.6 Å². The van der Waals surface area contributed by atoms with Crippen molar-refractivity contribution in [2.75, 3.05) is 13.1 Å². The van der Waals surface area contributed by atoms with Crippen molar-refractivity contribution in [1.82, 2.24) is 10.6 Å². The Bertz CT molecular complexity index is 1010. The molecule has 0 spiro atoms. The fourth-order valence-corrected chi connectivity index (χ4v) is 3.78. The van der Waals surface area contributed by atoms with Crippen molar-refractivity contribution in [3.63, 3.8) is 0 Å². The number of piperidine rings is 1. The van der Waals surface area contributed by atoms with E-state index in [1.807, 2.05) is 31.2 Å². The molecule has 0 radical (unpaired) electrons. The molecule has 1 aromatic heterocycles. The molecule has 4 nitrogen and oxygen atoms in total. The first-order valence-corrected chi connectivity index (χ1v) is 8.99. The highest BCUT2D eigenvalue weighted by Gasteiger charge is 2.30. The van der Waals surface area contributed by atoms with Gasteiger partial charge in [0.15, 0.2) is 17.4 Å². The molecule has 2 N–H and O–H groups in total. The molecular weight excluding hydrogens is 386 g/mol. The fraction of sp³-hybridized carbons (Fsp3) is 0.286. The lowest BCUT2D eigenvalue weighted by atomic mass is 9.86. The van der Waals surface area contributed by atoms with Crippen LogP contribution in [0.1, 0.15) is 34.0 Å². The third-order valence-electron chi connectivity index (χ3n) is 5.22. The van der Waals surface area contributed by atoms with Crippen molar-refractivity contribution in [2.24, 2.45) is 0 Å². The van der Waals surface area contributed by atoms with Gasteiger partial charge < -0.3 is 15.1 Å². The molecule has 1 amide bonds. The summed E-state index contributed by atoms with van der Waals surface area (Å²) < 4.78 is 32.7. The minimum Gasteiger partial charge on any atom is -0.451 e. The second-order valence-electron chi connectivity index (χ2n) is 6.91. The summed E-state index contributed by atoms with van der Waals surface area (Å²) in [6.45, 7) is 3.15. The lowest BCUT2D eigenvalue weighted by molar-refractivity contribution is 0.0897. The smallest absolute Gasteiger partial charge is 0.287 e. The molecule has 2 aromatic carbocycles. The first-order chi connectivity index (χ1) is 13.0. The van der Waals surface area contributed by atoms with Crippen molar-refractivity contribution in [3.05, 3.63) is 71.0 Å². The lowest BCUT2D eigenvalue weighted by Crippen LogP contribution is -2.50. The van der Waals surface area contributed by atoms with Crippen LogP contribution in [0.15, 0.2) is 46.9 Å². The molecule has 3 aromatic rings. The minimum absolute atomic E-state index is 0. The Kier molecular flexibility index (Phi) is 6.01. The third-order valence-corrected chi connectivity index (χ3v) is 5.22. The lowest BCUT2D eigenvalue weighted by Gasteiger charge is -2.33. The predicted molar refractivity (Wildman–Crippen MR) is 106 cm³/mol. The van der Waals surface area contributed by atoms with E-state index in [2.05, 4.69) is 10.6 Å². The van der Waals surface area contributed by atoms with Gasteiger partial charge in [0.1, 0.15) is 5.58 Å². The van der Waals surface area contributed by atoms with Gasteiger partial charge in [-0.25, -0.2) is 8.78 Å². The molecule has 2 atom stereocenters. The molecule has 2 heterocycles. The van der Waals surface area contributed by atoms with Crippen LogP contribution < -0.4 is 10.6 Å². The summed E-state index contributed by atoms with van der Waals surface area (Å²) in [5, 5.41) is 7.16. The number of amides is 1. The molecule has 28 heavy (non-hydrogen) atoms. The first kappa shape index (κ1) is 20.3. The largest absolute Gasteiger partial charge is 0.451 e. The van der Waals surface area contributed by atoms with Crippen molar-refractivity contribution >= 4 is 29.3 Å². The number of fused-ring (bicyclic) bond motifs is 1. The van der Waals surface area contributed by atoms with E-state index in [1.165, 1.54) is 6.07 Å². The van der Waals surface area contributed by atoms with Crippen molar-refractivity contribution in [3.8, 4) is 0 Å². The van der Waals surface area contributed by atoms with Crippen LogP contribution in [0.4, 0.5) is 8.78 Å². The van der Waals surface area contributed by atoms with E-state index in [0.717, 1.165) is 30.0 Å². The van der Waals surface area contributed by atoms with Crippen molar-refractivity contribution in [1.29, 1.82) is 0 Å². The zero-order valence-corrected chi connectivity index (χ0v) is 16.1. The number of aryl methyl sites for hydroxylation is 1. The minimum atomic E-state index is -0.871. The maximum Gasteiger partial charge on any atom is 0.287 e. The van der Waals surface area contributed by atoms with E-state index < -0.39 is 11.6 Å². The van der Waals surface area contributed by atoms with Crippen molar-refractivity contribution < 1.29 is 18.0 Å². The van der Waals surface area contributed by atoms with Gasteiger partial charge in [-0.2, -0.15) is 0 Å². The number of hydrogen-bond acceptors (Lipinski definition) is 3. The monoisotopic (exact) mass is 406 g/mol. The highest BCUT2D eigenvalue weighted by atomic mass is 35.5. The Balaban J connectivity index is 0.00000225. The highest BCUT2D eigenvalue weighted by molar-refractivity contribution is 5.99. The Morgan fingerprint density at radius 1 is 1.18 bits per heavy atom. The Labute approximate surface area is 167 Å². The number of nitrogens with one attached hydrogen (secondary N) is 2. The maximum absolute atomic E-state index is 13.7. The van der Waals surface area contributed by atoms with E-state index in [9.17, 15) is 13.6 Å². The van der Waals surface area contributed by atoms with Crippen LogP contribution in [-0.4, -0.2) is 25.0 Å². The van der Waals surface area contributed by atoms with Crippen LogP contribution in [0.25, 0.3) is 11.0 Å². The summed E-state index contributed by atoms with van der Waals surface area (Å²) in [7, 11) is 0. The Morgan fingerprint density at radius 3 is 2.71 bits per heavy atom. The average molecular weight is 407 g/mol. The zero-order chi connectivity index (χ0) is 19.0. The summed E-state index contributed by atoms with van der Waals surface area (Å²) >= 11 is 0. The molecule has 1 aliphatic rings. The Hall–Kier alpha value is -2.44. The van der Waals surface area contributed by atoms with E-state index in [0.29, 0.717) is 17.7 Å². The van der Waals surface area contributed by atoms with Gasteiger partial charge in [0.25, 0.3) is 5.91 Å². The van der Waals surface area contributed by atoms with Gasteiger partial charge in [0.2, 0.25) is 0 Å². The summed E-state index contributed by atoms with van der Waals surface area (Å²) in [5.74, 6) is -1.86. The van der Waals surface area contributed by atoms with Crippen LogP contribution in [0.3, 0.4) is 0 Å². The van der Waals surface area contributed by atoms with E-state index in [-0.39, 0.29) is 36.0 Å². The number of rotatable bonds is 3. The molecule has 0 aliphatic carbocycles. The second-order valence-corrected chi connectivity index (χ2v) is 6.91. The van der Waals surface area contributed by atoms with Gasteiger partial charge in [0.05, 0.1) is 0 Å². The van der Waals surface area contributed by atoms with E-state index >= 15 is 0 Å². The Morgan fingerprint density at radius 2 is 1.96 bits per heavy atom. The molecular formula is C21H21ClF2N2O2. The highest BCUT2D eigenvalue weighted by Crippen LogP contribution is 2.29. The van der Waals surface area contributed by atoms with Gasteiger partial charge >= 0.3 is 0 Å². The standard InChI is InChI=1S/C21H20F2N2O2.ClH/c1-12-14-4-2-3-5-19(14)27-20(12)21(26)25-18-11-24-9-8-15(18)13-6-7-16(22)17(23)10-13;/h2-7,10,15,18,24H,8-9,11H2,1H3,(H,25,26);1H. The molecule has 0 saturated carbocycles. The maximum atomic E-state index is 13.7. The van der Waals surface area contributed by atoms with Crippen LogP contribution >= 0.6 is 12.4 Å². The summed E-state index contributed by atoms with van der Waals surface area (Å²) in [4.78, 5) is 12.8. The zero-order valence-electron chi connectivity index (χ0n) is 15.3. The summed E-state index contributed by atoms with van der Waals surface area (Å²) in [5.41, 5.74) is 2.14. The van der Waals surface area contributed by atoms with E-state index in [1.54, 1.807) is 6.07 Å². The van der Waals surface area contributed by atoms with Gasteiger partial charge in [-0.3, -0.25) is 4.79 Å². The van der Waals surface area contributed by atoms with Crippen LogP contribution in [0.5, 0.6) is 0 Å². The number of para-hydroxylation sites is 1. The first-order valence-electron chi connectivity index (χ1n) is 8.99. The molecule has 4 rings (SSSR count). The summed E-state index contributed by atoms with van der Waals surface area (Å²) in [6.07, 6.45) is 0.717. The van der Waals surface area contributed by atoms with Gasteiger partial charge in [0, 0.05) is 29.5 Å². The normalized spacial score (nSPS) is 19.2. The second kappa shape index (κ2) is 8.29. The fourth-order valence-electron chi connectivity index (χ4n) is 3.78. The number of benzene rings is 2. The number of carbonyl (C=O) groups excluding carboxylic acids is 1.